The molecule has 0 aromatic heterocycles. The first-order valence-electron chi connectivity index (χ1n) is 9.16. The Morgan fingerprint density at radius 3 is 2.10 bits per heavy atom. The lowest BCUT2D eigenvalue weighted by atomic mass is 10.1. The summed E-state index contributed by atoms with van der Waals surface area (Å²) < 4.78 is 25.4. The molecule has 12 heteroatoms. The molecule has 0 bridgehead atoms. The molecule has 2 atom stereocenters. The minimum Gasteiger partial charge on any atom is -0.466 e. The molecule has 172 valence electrons. The van der Waals surface area contributed by atoms with E-state index in [0.717, 1.165) is 20.8 Å². The molecule has 0 fully saturated rings. The fraction of sp³-hybridized carbons (Fsp3) is 0.667. The van der Waals surface area contributed by atoms with Gasteiger partial charge in [-0.15, -0.1) is 0 Å². The topological polar surface area (TPSA) is 173 Å². The van der Waals surface area contributed by atoms with Crippen molar-refractivity contribution in [1.29, 1.82) is 0 Å². The number of carbonyl (C=O) groups is 4. The van der Waals surface area contributed by atoms with Gasteiger partial charge in [0.15, 0.2) is 18.2 Å². The molecule has 2 unspecified atom stereocenters. The van der Waals surface area contributed by atoms with Crippen molar-refractivity contribution in [3.63, 3.8) is 0 Å². The highest BCUT2D eigenvalue weighted by molar-refractivity contribution is 5.75. The molecule has 0 spiro atoms. The number of nitrogens with one attached hydrogen (secondary N) is 1. The third-order valence-electron chi connectivity index (χ3n) is 3.13. The van der Waals surface area contributed by atoms with E-state index in [1.54, 1.807) is 0 Å². The summed E-state index contributed by atoms with van der Waals surface area (Å²) in [6, 6.07) is 0. The first kappa shape index (κ1) is 27.5. The van der Waals surface area contributed by atoms with E-state index in [1.165, 1.54) is 6.92 Å². The Hall–Kier alpha value is -2.54. The van der Waals surface area contributed by atoms with E-state index in [2.05, 4.69) is 5.32 Å². The monoisotopic (exact) mass is 434 g/mol. The molecule has 0 aliphatic carbocycles. The van der Waals surface area contributed by atoms with Crippen LogP contribution in [-0.4, -0.2) is 74.3 Å². The maximum atomic E-state index is 11.6. The molecule has 4 N–H and O–H groups in total. The number of aliphatic hydroxyl groups is 1. The zero-order valence-electron chi connectivity index (χ0n) is 17.6. The molecule has 0 saturated heterocycles. The van der Waals surface area contributed by atoms with Crippen LogP contribution in [0.1, 0.15) is 34.1 Å². The summed E-state index contributed by atoms with van der Waals surface area (Å²) in [4.78, 5) is 45.8. The second-order valence-corrected chi connectivity index (χ2v) is 5.90. The summed E-state index contributed by atoms with van der Waals surface area (Å²) in [7, 11) is 0. The molecule has 0 saturated carbocycles. The Morgan fingerprint density at radius 2 is 1.60 bits per heavy atom. The van der Waals surface area contributed by atoms with E-state index < -0.39 is 36.2 Å². The summed E-state index contributed by atoms with van der Waals surface area (Å²) >= 11 is 0. The molecule has 1 amide bonds. The smallest absolute Gasteiger partial charge is 0.307 e. The summed E-state index contributed by atoms with van der Waals surface area (Å²) in [6.45, 7) is 4.97. The van der Waals surface area contributed by atoms with E-state index in [0.29, 0.717) is 6.54 Å². The van der Waals surface area contributed by atoms with Crippen LogP contribution < -0.4 is 11.1 Å². The summed E-state index contributed by atoms with van der Waals surface area (Å²) in [5.74, 6) is -3.09. The van der Waals surface area contributed by atoms with Gasteiger partial charge in [-0.1, -0.05) is 0 Å². The number of aliphatic hydroxyl groups excluding tert-OH is 1. The molecule has 0 aromatic rings. The van der Waals surface area contributed by atoms with Gasteiger partial charge < -0.3 is 39.8 Å². The maximum absolute atomic E-state index is 11.6. The maximum Gasteiger partial charge on any atom is 0.307 e. The lowest BCUT2D eigenvalue weighted by Gasteiger charge is -2.25. The summed E-state index contributed by atoms with van der Waals surface area (Å²) in [5.41, 5.74) is 4.96. The van der Waals surface area contributed by atoms with Crippen LogP contribution in [0.4, 0.5) is 0 Å². The molecule has 0 heterocycles. The van der Waals surface area contributed by atoms with Crippen molar-refractivity contribution >= 4 is 23.8 Å². The van der Waals surface area contributed by atoms with Crippen LogP contribution in [0.3, 0.4) is 0 Å². The quantitative estimate of drug-likeness (QED) is 0.102. The average molecular weight is 434 g/mol. The van der Waals surface area contributed by atoms with Crippen molar-refractivity contribution < 1.29 is 48.0 Å². The van der Waals surface area contributed by atoms with Gasteiger partial charge in [-0.05, 0) is 0 Å². The van der Waals surface area contributed by atoms with E-state index in [4.69, 9.17) is 29.4 Å². The molecule has 0 radical (unpaired) electrons. The Bertz CT molecular complexity index is 620. The number of esters is 3. The van der Waals surface area contributed by atoms with Gasteiger partial charge in [-0.25, -0.2) is 0 Å². The van der Waals surface area contributed by atoms with Crippen LogP contribution in [0.2, 0.25) is 0 Å². The lowest BCUT2D eigenvalue weighted by Crippen LogP contribution is -2.36. The van der Waals surface area contributed by atoms with Crippen molar-refractivity contribution in [2.75, 3.05) is 33.0 Å². The van der Waals surface area contributed by atoms with Gasteiger partial charge in [0.05, 0.1) is 26.4 Å². The van der Waals surface area contributed by atoms with E-state index in [-0.39, 0.29) is 44.3 Å². The number of hydrogen-bond donors (Lipinski definition) is 3. The van der Waals surface area contributed by atoms with E-state index >= 15 is 0 Å². The molecular formula is C18H30N2O10. The highest BCUT2D eigenvalue weighted by atomic mass is 16.6. The van der Waals surface area contributed by atoms with Crippen LogP contribution in [0.25, 0.3) is 0 Å². The lowest BCUT2D eigenvalue weighted by molar-refractivity contribution is -0.153. The van der Waals surface area contributed by atoms with Crippen LogP contribution in [-0.2, 0) is 42.9 Å². The Morgan fingerprint density at radius 1 is 0.933 bits per heavy atom. The Balaban J connectivity index is 5.81. The molecule has 0 aliphatic rings. The molecular weight excluding hydrogens is 404 g/mol. The zero-order valence-corrected chi connectivity index (χ0v) is 17.6. The fourth-order valence-electron chi connectivity index (χ4n) is 2.12. The van der Waals surface area contributed by atoms with Gasteiger partial charge in [-0.2, -0.15) is 0 Å². The highest BCUT2D eigenvalue weighted by Gasteiger charge is 2.30. The average Bonchev–Trinajstić information content (AvgIpc) is 2.62. The highest BCUT2D eigenvalue weighted by Crippen LogP contribution is 2.20. The van der Waals surface area contributed by atoms with Crippen molar-refractivity contribution in [2.45, 2.75) is 46.5 Å². The van der Waals surface area contributed by atoms with E-state index in [9.17, 15) is 24.3 Å². The van der Waals surface area contributed by atoms with Gasteiger partial charge in [0, 0.05) is 40.7 Å². The van der Waals surface area contributed by atoms with Crippen molar-refractivity contribution in [2.24, 2.45) is 5.73 Å². The minimum atomic E-state index is -1.75. The number of hydrogen-bond acceptors (Lipinski definition) is 11. The Labute approximate surface area is 174 Å². The predicted octanol–water partition coefficient (Wildman–Crippen LogP) is -0.908. The second-order valence-electron chi connectivity index (χ2n) is 5.90. The largest absolute Gasteiger partial charge is 0.466 e. The van der Waals surface area contributed by atoms with Crippen molar-refractivity contribution in [1.82, 2.24) is 5.32 Å². The molecule has 12 nitrogen and oxygen atoms in total. The number of rotatable bonds is 14. The summed E-state index contributed by atoms with van der Waals surface area (Å²) in [6.07, 6.45) is -3.13. The second kappa shape index (κ2) is 15.3. The third kappa shape index (κ3) is 12.8. The fourth-order valence-corrected chi connectivity index (χ4v) is 2.12. The summed E-state index contributed by atoms with van der Waals surface area (Å²) in [5, 5.41) is 12.7. The van der Waals surface area contributed by atoms with Crippen LogP contribution in [0.15, 0.2) is 11.5 Å². The van der Waals surface area contributed by atoms with E-state index in [1.807, 2.05) is 0 Å². The molecule has 30 heavy (non-hydrogen) atoms. The van der Waals surface area contributed by atoms with Crippen LogP contribution in [0.5, 0.6) is 0 Å². The Kier molecular flexibility index (Phi) is 14.0. The van der Waals surface area contributed by atoms with Gasteiger partial charge in [0.1, 0.15) is 5.70 Å². The molecule has 0 rings (SSSR count). The molecule has 0 aromatic carbocycles. The van der Waals surface area contributed by atoms with Crippen molar-refractivity contribution in [3.05, 3.63) is 11.5 Å². The van der Waals surface area contributed by atoms with Crippen LogP contribution in [0, 0.1) is 0 Å². The predicted molar refractivity (Wildman–Crippen MR) is 101 cm³/mol. The number of carbonyl (C=O) groups excluding carboxylic acids is 4. The van der Waals surface area contributed by atoms with Crippen molar-refractivity contribution in [3.8, 4) is 0 Å². The van der Waals surface area contributed by atoms with Gasteiger partial charge in [0.2, 0.25) is 5.91 Å². The van der Waals surface area contributed by atoms with Gasteiger partial charge in [-0.3, -0.25) is 19.2 Å². The number of ether oxygens (including phenoxy) is 5. The van der Waals surface area contributed by atoms with Gasteiger partial charge in [0.25, 0.3) is 0 Å². The van der Waals surface area contributed by atoms with Gasteiger partial charge >= 0.3 is 17.9 Å². The van der Waals surface area contributed by atoms with Crippen LogP contribution >= 0.6 is 0 Å². The SMILES string of the molecule is CC(=O)N/C(=C(\OC(C)=O)C(CCOC(C)=O)OC(C)=O)C(O)OCCOCCN. The number of amides is 1. The normalized spacial score (nSPS) is 13.5. The first-order valence-corrected chi connectivity index (χ1v) is 9.16. The third-order valence-corrected chi connectivity index (χ3v) is 3.13. The minimum absolute atomic E-state index is 0.0801. The first-order chi connectivity index (χ1) is 14.1. The number of nitrogens with two attached hydrogens (primary N) is 1. The standard InChI is InChI=1S/C18H30N2O10/c1-11(21)20-16(18(25)28-10-9-26-8-6-19)17(30-14(4)24)15(29-13(3)23)5-7-27-12(2)22/h15,18,25H,5-10,19H2,1-4H3,(H,20,21)/b17-16-. The molecule has 0 aliphatic heterocycles. The zero-order chi connectivity index (χ0) is 23.1.